The molecular weight excluding hydrogens is 282 g/mol. The number of amides is 1. The van der Waals surface area contributed by atoms with Crippen LogP contribution in [0, 0.1) is 0 Å². The van der Waals surface area contributed by atoms with E-state index in [1.54, 1.807) is 12.1 Å². The molecule has 0 saturated carbocycles. The van der Waals surface area contributed by atoms with E-state index in [1.807, 2.05) is 17.0 Å². The number of esters is 1. The number of methoxy groups -OCH3 is 1. The first-order valence-corrected chi connectivity index (χ1v) is 7.70. The Labute approximate surface area is 131 Å². The van der Waals surface area contributed by atoms with Crippen molar-refractivity contribution in [3.63, 3.8) is 0 Å². The summed E-state index contributed by atoms with van der Waals surface area (Å²) in [5.41, 5.74) is 1.57. The van der Waals surface area contributed by atoms with Crippen LogP contribution in [0.2, 0.25) is 0 Å². The molecule has 1 atom stereocenters. The van der Waals surface area contributed by atoms with Crippen molar-refractivity contribution in [1.29, 1.82) is 0 Å². The average molecular weight is 305 g/mol. The molecule has 0 aliphatic carbocycles. The molecule has 1 aliphatic rings. The molecule has 5 heteroatoms. The lowest BCUT2D eigenvalue weighted by Gasteiger charge is -2.32. The van der Waals surface area contributed by atoms with Gasteiger partial charge >= 0.3 is 5.97 Å². The lowest BCUT2D eigenvalue weighted by Crippen LogP contribution is -2.45. The second-order valence-corrected chi connectivity index (χ2v) is 5.43. The summed E-state index contributed by atoms with van der Waals surface area (Å²) >= 11 is 0. The fraction of sp³-hybridized carbons (Fsp3) is 0.529. The molecule has 0 radical (unpaired) electrons. The summed E-state index contributed by atoms with van der Waals surface area (Å²) in [6.45, 7) is 4.06. The second-order valence-electron chi connectivity index (χ2n) is 5.43. The van der Waals surface area contributed by atoms with Gasteiger partial charge in [0.1, 0.15) is 0 Å². The third-order valence-corrected chi connectivity index (χ3v) is 3.95. The minimum Gasteiger partial charge on any atom is -0.465 e. The van der Waals surface area contributed by atoms with E-state index in [0.29, 0.717) is 38.1 Å². The van der Waals surface area contributed by atoms with Crippen molar-refractivity contribution in [3.05, 3.63) is 35.4 Å². The van der Waals surface area contributed by atoms with Crippen LogP contribution in [0.1, 0.15) is 35.7 Å². The zero-order chi connectivity index (χ0) is 15.9. The number of aryl methyl sites for hydroxylation is 1. The van der Waals surface area contributed by atoms with Gasteiger partial charge in [-0.3, -0.25) is 4.79 Å². The molecule has 1 aromatic rings. The molecule has 0 aromatic heterocycles. The van der Waals surface area contributed by atoms with Crippen LogP contribution in [-0.2, 0) is 20.7 Å². The van der Waals surface area contributed by atoms with Crippen LogP contribution in [0.15, 0.2) is 24.3 Å². The monoisotopic (exact) mass is 305 g/mol. The highest BCUT2D eigenvalue weighted by Gasteiger charge is 2.22. The highest BCUT2D eigenvalue weighted by molar-refractivity contribution is 5.89. The molecule has 2 rings (SSSR count). The Morgan fingerprint density at radius 1 is 1.32 bits per heavy atom. The van der Waals surface area contributed by atoms with E-state index in [2.05, 4.69) is 11.7 Å². The van der Waals surface area contributed by atoms with Crippen LogP contribution >= 0.6 is 0 Å². The van der Waals surface area contributed by atoms with Crippen molar-refractivity contribution in [2.75, 3.05) is 26.8 Å². The van der Waals surface area contributed by atoms with Crippen LogP contribution < -0.4 is 0 Å². The maximum absolute atomic E-state index is 12.3. The van der Waals surface area contributed by atoms with Crippen LogP contribution in [0.3, 0.4) is 0 Å². The molecule has 1 saturated heterocycles. The van der Waals surface area contributed by atoms with E-state index in [0.717, 1.165) is 12.0 Å². The van der Waals surface area contributed by atoms with Gasteiger partial charge in [-0.15, -0.1) is 0 Å². The van der Waals surface area contributed by atoms with Crippen LogP contribution in [0.25, 0.3) is 0 Å². The number of carbonyl (C=O) groups excluding carboxylic acids is 2. The number of rotatable bonds is 5. The summed E-state index contributed by atoms with van der Waals surface area (Å²) in [6.07, 6.45) is 2.25. The van der Waals surface area contributed by atoms with E-state index < -0.39 is 0 Å². The van der Waals surface area contributed by atoms with Crippen LogP contribution in [0.4, 0.5) is 0 Å². The van der Waals surface area contributed by atoms with Crippen LogP contribution in [-0.4, -0.2) is 49.7 Å². The molecule has 1 aromatic carbocycles. The predicted octanol–water partition coefficient (Wildman–Crippen LogP) is 2.04. The average Bonchev–Trinajstić information content (AvgIpc) is 2.59. The maximum atomic E-state index is 12.3. The number of carbonyl (C=O) groups is 2. The lowest BCUT2D eigenvalue weighted by atomic mass is 10.1. The molecule has 5 nitrogen and oxygen atoms in total. The van der Waals surface area contributed by atoms with E-state index in [4.69, 9.17) is 4.74 Å². The standard InChI is InChI=1S/C17H23NO4/c1-3-15-12-18(10-11-22-15)16(19)9-6-13-4-7-14(8-5-13)17(20)21-2/h4-5,7-8,15H,3,6,9-12H2,1-2H3. The van der Waals surface area contributed by atoms with Gasteiger partial charge in [0.05, 0.1) is 25.4 Å². The summed E-state index contributed by atoms with van der Waals surface area (Å²) in [5.74, 6) is -0.180. The van der Waals surface area contributed by atoms with Crippen molar-refractivity contribution in [3.8, 4) is 0 Å². The van der Waals surface area contributed by atoms with Gasteiger partial charge in [0.2, 0.25) is 5.91 Å². The van der Waals surface area contributed by atoms with Crippen LogP contribution in [0.5, 0.6) is 0 Å². The van der Waals surface area contributed by atoms with Crippen molar-refractivity contribution >= 4 is 11.9 Å². The number of morpholine rings is 1. The first-order valence-electron chi connectivity index (χ1n) is 7.70. The smallest absolute Gasteiger partial charge is 0.337 e. The van der Waals surface area contributed by atoms with Gasteiger partial charge in [-0.05, 0) is 30.5 Å². The number of benzene rings is 1. The van der Waals surface area contributed by atoms with Gasteiger partial charge in [-0.25, -0.2) is 4.79 Å². The van der Waals surface area contributed by atoms with E-state index in [1.165, 1.54) is 7.11 Å². The fourth-order valence-corrected chi connectivity index (χ4v) is 2.53. The Bertz CT molecular complexity index is 512. The molecule has 1 fully saturated rings. The number of hydrogen-bond donors (Lipinski definition) is 0. The largest absolute Gasteiger partial charge is 0.465 e. The Kier molecular flexibility index (Phi) is 5.95. The second kappa shape index (κ2) is 7.94. The zero-order valence-electron chi connectivity index (χ0n) is 13.2. The fourth-order valence-electron chi connectivity index (χ4n) is 2.53. The zero-order valence-corrected chi connectivity index (χ0v) is 13.2. The molecule has 1 aliphatic heterocycles. The summed E-state index contributed by atoms with van der Waals surface area (Å²) < 4.78 is 10.2. The molecule has 0 spiro atoms. The van der Waals surface area contributed by atoms with E-state index >= 15 is 0 Å². The van der Waals surface area contributed by atoms with Crippen molar-refractivity contribution < 1.29 is 19.1 Å². The topological polar surface area (TPSA) is 55.8 Å². The predicted molar refractivity (Wildman–Crippen MR) is 82.7 cm³/mol. The first kappa shape index (κ1) is 16.5. The van der Waals surface area contributed by atoms with Crippen molar-refractivity contribution in [2.45, 2.75) is 32.3 Å². The molecule has 1 heterocycles. The minimum absolute atomic E-state index is 0.164. The van der Waals surface area contributed by atoms with Gasteiger partial charge in [-0.1, -0.05) is 19.1 Å². The summed E-state index contributed by atoms with van der Waals surface area (Å²) in [5, 5.41) is 0. The molecule has 22 heavy (non-hydrogen) atoms. The highest BCUT2D eigenvalue weighted by atomic mass is 16.5. The Hall–Kier alpha value is -1.88. The quantitative estimate of drug-likeness (QED) is 0.781. The molecule has 0 bridgehead atoms. The molecular formula is C17H23NO4. The number of hydrogen-bond acceptors (Lipinski definition) is 4. The van der Waals surface area contributed by atoms with E-state index in [-0.39, 0.29) is 18.0 Å². The molecule has 0 N–H and O–H groups in total. The van der Waals surface area contributed by atoms with Crippen molar-refractivity contribution in [1.82, 2.24) is 4.90 Å². The van der Waals surface area contributed by atoms with Crippen molar-refractivity contribution in [2.24, 2.45) is 0 Å². The Morgan fingerprint density at radius 3 is 2.68 bits per heavy atom. The molecule has 1 amide bonds. The first-order chi connectivity index (χ1) is 10.6. The third-order valence-electron chi connectivity index (χ3n) is 3.95. The molecule has 120 valence electrons. The van der Waals surface area contributed by atoms with Gasteiger partial charge in [0.25, 0.3) is 0 Å². The van der Waals surface area contributed by atoms with Gasteiger partial charge < -0.3 is 14.4 Å². The minimum atomic E-state index is -0.346. The Morgan fingerprint density at radius 2 is 2.05 bits per heavy atom. The van der Waals surface area contributed by atoms with Gasteiger partial charge in [-0.2, -0.15) is 0 Å². The van der Waals surface area contributed by atoms with Gasteiger partial charge in [0, 0.05) is 19.5 Å². The Balaban J connectivity index is 1.84. The number of ether oxygens (including phenoxy) is 2. The maximum Gasteiger partial charge on any atom is 0.337 e. The lowest BCUT2D eigenvalue weighted by molar-refractivity contribution is -0.138. The number of nitrogens with zero attached hydrogens (tertiary/aromatic N) is 1. The molecule has 1 unspecified atom stereocenters. The summed E-state index contributed by atoms with van der Waals surface area (Å²) in [7, 11) is 1.36. The summed E-state index contributed by atoms with van der Waals surface area (Å²) in [6, 6.07) is 7.20. The van der Waals surface area contributed by atoms with Gasteiger partial charge in [0.15, 0.2) is 0 Å². The normalized spacial score (nSPS) is 18.1. The highest BCUT2D eigenvalue weighted by Crippen LogP contribution is 2.12. The SMILES string of the molecule is CCC1CN(C(=O)CCc2ccc(C(=O)OC)cc2)CCO1. The summed E-state index contributed by atoms with van der Waals surface area (Å²) in [4.78, 5) is 25.5. The third kappa shape index (κ3) is 4.31. The van der Waals surface area contributed by atoms with E-state index in [9.17, 15) is 9.59 Å².